The molecule has 0 unspecified atom stereocenters. The summed E-state index contributed by atoms with van der Waals surface area (Å²) < 4.78 is 13.1. The van der Waals surface area contributed by atoms with Crippen molar-refractivity contribution in [1.82, 2.24) is 14.8 Å². The molecule has 0 amide bonds. The second-order valence-corrected chi connectivity index (χ2v) is 5.42. The van der Waals surface area contributed by atoms with Crippen molar-refractivity contribution in [3.05, 3.63) is 40.8 Å². The molecule has 0 atom stereocenters. The van der Waals surface area contributed by atoms with Crippen LogP contribution in [0.25, 0.3) is 22.4 Å². The molecule has 23 heavy (non-hydrogen) atoms. The average molecular weight is 312 g/mol. The molecule has 3 aromatic heterocycles. The molecule has 0 aliphatic carbocycles. The molecule has 3 aromatic rings. The molecule has 118 valence electrons. The van der Waals surface area contributed by atoms with E-state index in [-0.39, 0.29) is 5.43 Å². The van der Waals surface area contributed by atoms with Crippen LogP contribution in [0.15, 0.2) is 39.8 Å². The summed E-state index contributed by atoms with van der Waals surface area (Å²) in [5.41, 5.74) is 1.84. The molecule has 1 saturated heterocycles. The predicted molar refractivity (Wildman–Crippen MR) is 85.5 cm³/mol. The van der Waals surface area contributed by atoms with E-state index in [4.69, 9.17) is 9.15 Å². The van der Waals surface area contributed by atoms with Gasteiger partial charge in [-0.05, 0) is 12.1 Å². The van der Waals surface area contributed by atoms with Gasteiger partial charge < -0.3 is 14.1 Å². The molecular weight excluding hydrogens is 296 g/mol. The minimum Gasteiger partial charge on any atom is -0.438 e. The van der Waals surface area contributed by atoms with Gasteiger partial charge in [-0.3, -0.25) is 14.5 Å². The number of morpholine rings is 1. The first-order valence-corrected chi connectivity index (χ1v) is 7.48. The van der Waals surface area contributed by atoms with E-state index in [1.54, 1.807) is 29.2 Å². The monoisotopic (exact) mass is 312 g/mol. The number of anilines is 1. The molecule has 7 nitrogen and oxygen atoms in total. The van der Waals surface area contributed by atoms with Gasteiger partial charge in [0.05, 0.1) is 24.3 Å². The van der Waals surface area contributed by atoms with E-state index in [0.29, 0.717) is 48.9 Å². The Morgan fingerprint density at radius 3 is 2.74 bits per heavy atom. The van der Waals surface area contributed by atoms with Crippen LogP contribution in [0.2, 0.25) is 0 Å². The second kappa shape index (κ2) is 5.51. The summed E-state index contributed by atoms with van der Waals surface area (Å²) >= 11 is 0. The van der Waals surface area contributed by atoms with E-state index in [0.717, 1.165) is 5.69 Å². The van der Waals surface area contributed by atoms with E-state index in [1.165, 1.54) is 0 Å². The summed E-state index contributed by atoms with van der Waals surface area (Å²) in [6, 6.07) is 5.08. The zero-order chi connectivity index (χ0) is 15.8. The first-order valence-electron chi connectivity index (χ1n) is 7.48. The van der Waals surface area contributed by atoms with Gasteiger partial charge in [0.1, 0.15) is 5.69 Å². The Morgan fingerprint density at radius 2 is 2.00 bits per heavy atom. The number of rotatable bonds is 2. The molecule has 0 bridgehead atoms. The van der Waals surface area contributed by atoms with Crippen molar-refractivity contribution >= 4 is 16.9 Å². The number of ether oxygens (including phenoxy) is 1. The summed E-state index contributed by atoms with van der Waals surface area (Å²) in [4.78, 5) is 18.9. The molecule has 1 aliphatic heterocycles. The van der Waals surface area contributed by atoms with Crippen LogP contribution in [0.3, 0.4) is 0 Å². The molecular formula is C16H16N4O3. The largest absolute Gasteiger partial charge is 0.438 e. The van der Waals surface area contributed by atoms with Crippen LogP contribution < -0.4 is 10.3 Å². The molecule has 1 fully saturated rings. The van der Waals surface area contributed by atoms with Gasteiger partial charge in [0, 0.05) is 38.6 Å². The van der Waals surface area contributed by atoms with Crippen molar-refractivity contribution in [3.63, 3.8) is 0 Å². The molecule has 0 saturated carbocycles. The van der Waals surface area contributed by atoms with Crippen LogP contribution in [0.1, 0.15) is 0 Å². The highest BCUT2D eigenvalue weighted by molar-refractivity contribution is 5.89. The predicted octanol–water partition coefficient (Wildman–Crippen LogP) is 1.43. The summed E-state index contributed by atoms with van der Waals surface area (Å²) in [6.45, 7) is 2.66. The smallest absolute Gasteiger partial charge is 0.200 e. The molecule has 4 rings (SSSR count). The standard InChI is InChI=1S/C16H16N4O3/c1-19-12(3-5-18-19)15-16-11(2-4-17-15)13(21)10-14(23-16)20-6-8-22-9-7-20/h2-5,10H,6-9H2,1H3. The van der Waals surface area contributed by atoms with Gasteiger partial charge in [-0.15, -0.1) is 0 Å². The Balaban J connectivity index is 1.93. The van der Waals surface area contributed by atoms with E-state index in [9.17, 15) is 4.79 Å². The highest BCUT2D eigenvalue weighted by atomic mass is 16.5. The van der Waals surface area contributed by atoms with Gasteiger partial charge in [-0.25, -0.2) is 0 Å². The third kappa shape index (κ3) is 2.39. The third-order valence-electron chi connectivity index (χ3n) is 4.02. The van der Waals surface area contributed by atoms with Crippen molar-refractivity contribution in [2.75, 3.05) is 31.2 Å². The first kappa shape index (κ1) is 14.0. The van der Waals surface area contributed by atoms with Crippen LogP contribution in [0.5, 0.6) is 0 Å². The number of nitrogens with zero attached hydrogens (tertiary/aromatic N) is 4. The Labute approximate surface area is 132 Å². The van der Waals surface area contributed by atoms with E-state index >= 15 is 0 Å². The topological polar surface area (TPSA) is 73.4 Å². The number of pyridine rings is 1. The summed E-state index contributed by atoms with van der Waals surface area (Å²) in [5.74, 6) is 0.558. The number of fused-ring (bicyclic) bond motifs is 1. The van der Waals surface area contributed by atoms with Gasteiger partial charge >= 0.3 is 0 Å². The van der Waals surface area contributed by atoms with Crippen LogP contribution >= 0.6 is 0 Å². The Kier molecular flexibility index (Phi) is 3.34. The zero-order valence-corrected chi connectivity index (χ0v) is 12.7. The van der Waals surface area contributed by atoms with Crippen LogP contribution in [0, 0.1) is 0 Å². The minimum absolute atomic E-state index is 0.0708. The van der Waals surface area contributed by atoms with Gasteiger partial charge in [-0.1, -0.05) is 0 Å². The molecule has 0 radical (unpaired) electrons. The average Bonchev–Trinajstić information content (AvgIpc) is 3.01. The van der Waals surface area contributed by atoms with Gasteiger partial charge in [-0.2, -0.15) is 5.10 Å². The third-order valence-corrected chi connectivity index (χ3v) is 4.02. The quantitative estimate of drug-likeness (QED) is 0.712. The van der Waals surface area contributed by atoms with Crippen molar-refractivity contribution < 1.29 is 9.15 Å². The van der Waals surface area contributed by atoms with Crippen molar-refractivity contribution in [2.24, 2.45) is 7.05 Å². The fourth-order valence-corrected chi connectivity index (χ4v) is 2.80. The summed E-state index contributed by atoms with van der Waals surface area (Å²) in [7, 11) is 1.83. The van der Waals surface area contributed by atoms with Gasteiger partial charge in [0.15, 0.2) is 16.9 Å². The van der Waals surface area contributed by atoms with E-state index in [2.05, 4.69) is 10.1 Å². The Morgan fingerprint density at radius 1 is 1.17 bits per heavy atom. The van der Waals surface area contributed by atoms with E-state index in [1.807, 2.05) is 18.0 Å². The van der Waals surface area contributed by atoms with Crippen LogP contribution in [-0.2, 0) is 11.8 Å². The minimum atomic E-state index is -0.0708. The van der Waals surface area contributed by atoms with Crippen molar-refractivity contribution in [1.29, 1.82) is 0 Å². The Hall–Kier alpha value is -2.67. The molecule has 0 aromatic carbocycles. The molecule has 0 spiro atoms. The molecule has 0 N–H and O–H groups in total. The maximum absolute atomic E-state index is 12.5. The first-order chi connectivity index (χ1) is 11.2. The van der Waals surface area contributed by atoms with Crippen molar-refractivity contribution in [3.8, 4) is 11.4 Å². The number of aromatic nitrogens is 3. The number of hydrogen-bond acceptors (Lipinski definition) is 6. The highest BCUT2D eigenvalue weighted by Crippen LogP contribution is 2.27. The molecule has 7 heteroatoms. The van der Waals surface area contributed by atoms with E-state index < -0.39 is 0 Å². The maximum Gasteiger partial charge on any atom is 0.200 e. The second-order valence-electron chi connectivity index (χ2n) is 5.42. The summed E-state index contributed by atoms with van der Waals surface area (Å²) in [5, 5.41) is 4.69. The fraction of sp³-hybridized carbons (Fsp3) is 0.312. The molecule has 4 heterocycles. The molecule has 1 aliphatic rings. The lowest BCUT2D eigenvalue weighted by molar-refractivity contribution is 0.121. The summed E-state index contributed by atoms with van der Waals surface area (Å²) in [6.07, 6.45) is 3.32. The van der Waals surface area contributed by atoms with Crippen LogP contribution in [-0.4, -0.2) is 41.1 Å². The zero-order valence-electron chi connectivity index (χ0n) is 12.7. The lowest BCUT2D eigenvalue weighted by Crippen LogP contribution is -2.36. The van der Waals surface area contributed by atoms with Gasteiger partial charge in [0.2, 0.25) is 0 Å². The SMILES string of the molecule is Cn1nccc1-c1nccc2c(=O)cc(N3CCOCC3)oc12. The lowest BCUT2D eigenvalue weighted by atomic mass is 10.2. The number of aryl methyl sites for hydroxylation is 1. The lowest BCUT2D eigenvalue weighted by Gasteiger charge is -2.27. The van der Waals surface area contributed by atoms with Crippen molar-refractivity contribution in [2.45, 2.75) is 0 Å². The maximum atomic E-state index is 12.5. The van der Waals surface area contributed by atoms with Crippen LogP contribution in [0.4, 0.5) is 5.88 Å². The normalized spacial score (nSPS) is 15.3. The van der Waals surface area contributed by atoms with Gasteiger partial charge in [0.25, 0.3) is 0 Å². The number of hydrogen-bond donors (Lipinski definition) is 0. The fourth-order valence-electron chi connectivity index (χ4n) is 2.80. The Bertz CT molecular complexity index is 909. The highest BCUT2D eigenvalue weighted by Gasteiger charge is 2.18.